The van der Waals surface area contributed by atoms with E-state index in [0.29, 0.717) is 6.04 Å². The summed E-state index contributed by atoms with van der Waals surface area (Å²) in [6.07, 6.45) is 3.92. The third kappa shape index (κ3) is 2.62. The molecule has 106 valence electrons. The number of nitrogen functional groups attached to an aromatic ring is 1. The first-order chi connectivity index (χ1) is 9.78. The monoisotopic (exact) mass is 270 g/mol. The maximum absolute atomic E-state index is 5.65. The second kappa shape index (κ2) is 5.77. The normalized spacial score (nSPS) is 20.2. The van der Waals surface area contributed by atoms with Gasteiger partial charge in [0, 0.05) is 23.5 Å². The van der Waals surface area contributed by atoms with Crippen LogP contribution in [0.25, 0.3) is 10.9 Å². The topological polar surface area (TPSA) is 54.2 Å². The summed E-state index contributed by atoms with van der Waals surface area (Å²) >= 11 is 0. The molecule has 0 amide bonds. The number of likely N-dealkylation sites (tertiary alicyclic amines) is 1. The molecular formula is C16H22N4. The molecule has 2 aromatic rings. The second-order valence-corrected chi connectivity index (χ2v) is 5.65. The minimum atomic E-state index is 0.640. The fourth-order valence-electron chi connectivity index (χ4n) is 3.02. The van der Waals surface area contributed by atoms with E-state index in [0.717, 1.165) is 24.4 Å². The summed E-state index contributed by atoms with van der Waals surface area (Å²) in [7, 11) is 0. The molecule has 0 saturated carbocycles. The van der Waals surface area contributed by atoms with E-state index in [4.69, 9.17) is 5.84 Å². The van der Waals surface area contributed by atoms with Gasteiger partial charge in [-0.3, -0.25) is 4.90 Å². The van der Waals surface area contributed by atoms with E-state index in [-0.39, 0.29) is 0 Å². The molecule has 2 heterocycles. The number of pyridine rings is 1. The van der Waals surface area contributed by atoms with Crippen LogP contribution in [0.5, 0.6) is 0 Å². The van der Waals surface area contributed by atoms with E-state index in [1.165, 1.54) is 30.2 Å². The predicted molar refractivity (Wildman–Crippen MR) is 83.3 cm³/mol. The zero-order chi connectivity index (χ0) is 13.9. The van der Waals surface area contributed by atoms with Crippen molar-refractivity contribution in [2.24, 2.45) is 5.84 Å². The quantitative estimate of drug-likeness (QED) is 0.665. The molecule has 0 aliphatic carbocycles. The lowest BCUT2D eigenvalue weighted by molar-refractivity contribution is 0.153. The summed E-state index contributed by atoms with van der Waals surface area (Å²) in [4.78, 5) is 7.15. The highest BCUT2D eigenvalue weighted by Crippen LogP contribution is 2.24. The zero-order valence-corrected chi connectivity index (χ0v) is 12.0. The van der Waals surface area contributed by atoms with Gasteiger partial charge in [0.2, 0.25) is 0 Å². The van der Waals surface area contributed by atoms with Crippen LogP contribution in [0.4, 0.5) is 5.82 Å². The van der Waals surface area contributed by atoms with Crippen molar-refractivity contribution in [1.82, 2.24) is 9.88 Å². The molecule has 1 aromatic carbocycles. The molecule has 1 unspecified atom stereocenters. The SMILES string of the molecule is CC1CCCCN1Cc1cc2ccccc2nc1NN. The van der Waals surface area contributed by atoms with Crippen molar-refractivity contribution in [3.63, 3.8) is 0 Å². The first-order valence-electron chi connectivity index (χ1n) is 7.37. The minimum Gasteiger partial charge on any atom is -0.308 e. The number of para-hydroxylation sites is 1. The van der Waals surface area contributed by atoms with Gasteiger partial charge < -0.3 is 5.43 Å². The number of nitrogens with two attached hydrogens (primary N) is 1. The predicted octanol–water partition coefficient (Wildman–Crippen LogP) is 2.89. The van der Waals surface area contributed by atoms with Gasteiger partial charge in [0.15, 0.2) is 0 Å². The van der Waals surface area contributed by atoms with Gasteiger partial charge >= 0.3 is 0 Å². The summed E-state index contributed by atoms with van der Waals surface area (Å²) < 4.78 is 0. The molecule has 1 aromatic heterocycles. The van der Waals surface area contributed by atoms with Crippen LogP contribution in [-0.4, -0.2) is 22.5 Å². The standard InChI is InChI=1S/C16H22N4/c1-12-6-4-5-9-20(12)11-14-10-13-7-2-3-8-15(13)18-16(14)19-17/h2-3,7-8,10,12H,4-6,9,11,17H2,1H3,(H,18,19). The van der Waals surface area contributed by atoms with Crippen molar-refractivity contribution >= 4 is 16.7 Å². The van der Waals surface area contributed by atoms with Gasteiger partial charge in [-0.05, 0) is 38.4 Å². The number of hydrazine groups is 1. The Kier molecular flexibility index (Phi) is 3.85. The number of hydrogen-bond acceptors (Lipinski definition) is 4. The summed E-state index contributed by atoms with van der Waals surface area (Å²) in [5, 5.41) is 1.17. The molecular weight excluding hydrogens is 248 g/mol. The Balaban J connectivity index is 1.92. The van der Waals surface area contributed by atoms with Crippen LogP contribution in [0.15, 0.2) is 30.3 Å². The van der Waals surface area contributed by atoms with E-state index in [2.05, 4.69) is 34.4 Å². The molecule has 4 nitrogen and oxygen atoms in total. The van der Waals surface area contributed by atoms with Crippen LogP contribution in [0.3, 0.4) is 0 Å². The molecule has 3 rings (SSSR count). The highest BCUT2D eigenvalue weighted by molar-refractivity contribution is 5.81. The number of benzene rings is 1. The lowest BCUT2D eigenvalue weighted by Gasteiger charge is -2.33. The molecule has 1 saturated heterocycles. The third-order valence-electron chi connectivity index (χ3n) is 4.25. The van der Waals surface area contributed by atoms with Gasteiger partial charge in [0.25, 0.3) is 0 Å². The van der Waals surface area contributed by atoms with Crippen molar-refractivity contribution in [3.05, 3.63) is 35.9 Å². The lowest BCUT2D eigenvalue weighted by Crippen LogP contribution is -2.37. The Labute approximate surface area is 120 Å². The second-order valence-electron chi connectivity index (χ2n) is 5.65. The van der Waals surface area contributed by atoms with Crippen LogP contribution < -0.4 is 11.3 Å². The lowest BCUT2D eigenvalue weighted by atomic mass is 10.0. The van der Waals surface area contributed by atoms with Crippen molar-refractivity contribution in [2.75, 3.05) is 12.0 Å². The highest BCUT2D eigenvalue weighted by atomic mass is 15.3. The largest absolute Gasteiger partial charge is 0.308 e. The summed E-state index contributed by atoms with van der Waals surface area (Å²) in [5.74, 6) is 6.44. The number of piperidine rings is 1. The van der Waals surface area contributed by atoms with E-state index >= 15 is 0 Å². The average Bonchev–Trinajstić information content (AvgIpc) is 2.49. The van der Waals surface area contributed by atoms with Crippen molar-refractivity contribution in [1.29, 1.82) is 0 Å². The van der Waals surface area contributed by atoms with E-state index in [9.17, 15) is 0 Å². The number of nitrogens with one attached hydrogen (secondary N) is 1. The highest BCUT2D eigenvalue weighted by Gasteiger charge is 2.19. The van der Waals surface area contributed by atoms with Crippen molar-refractivity contribution < 1.29 is 0 Å². The van der Waals surface area contributed by atoms with Crippen LogP contribution in [-0.2, 0) is 6.54 Å². The smallest absolute Gasteiger partial charge is 0.145 e. The van der Waals surface area contributed by atoms with Gasteiger partial charge in [0.05, 0.1) is 5.52 Å². The Morgan fingerprint density at radius 3 is 3.00 bits per heavy atom. The van der Waals surface area contributed by atoms with Crippen LogP contribution in [0, 0.1) is 0 Å². The molecule has 4 heteroatoms. The van der Waals surface area contributed by atoms with Crippen molar-refractivity contribution in [2.45, 2.75) is 38.8 Å². The first-order valence-corrected chi connectivity index (χ1v) is 7.37. The van der Waals surface area contributed by atoms with Gasteiger partial charge in [-0.15, -0.1) is 0 Å². The van der Waals surface area contributed by atoms with E-state index in [1.54, 1.807) is 0 Å². The Hall–Kier alpha value is -1.65. The molecule has 1 aliphatic rings. The van der Waals surface area contributed by atoms with Crippen LogP contribution in [0.1, 0.15) is 31.7 Å². The Morgan fingerprint density at radius 2 is 2.20 bits per heavy atom. The number of rotatable bonds is 3. The Morgan fingerprint density at radius 1 is 1.35 bits per heavy atom. The fraction of sp³-hybridized carbons (Fsp3) is 0.438. The first kappa shape index (κ1) is 13.3. The molecule has 0 radical (unpaired) electrons. The zero-order valence-electron chi connectivity index (χ0n) is 12.0. The number of fused-ring (bicyclic) bond motifs is 1. The number of hydrogen-bond donors (Lipinski definition) is 2. The van der Waals surface area contributed by atoms with Crippen LogP contribution >= 0.6 is 0 Å². The molecule has 0 spiro atoms. The maximum atomic E-state index is 5.65. The van der Waals surface area contributed by atoms with Crippen molar-refractivity contribution in [3.8, 4) is 0 Å². The number of anilines is 1. The van der Waals surface area contributed by atoms with Gasteiger partial charge in [-0.25, -0.2) is 10.8 Å². The van der Waals surface area contributed by atoms with Gasteiger partial charge in [-0.2, -0.15) is 0 Å². The minimum absolute atomic E-state index is 0.640. The summed E-state index contributed by atoms with van der Waals surface area (Å²) in [6.45, 7) is 4.39. The molecule has 20 heavy (non-hydrogen) atoms. The maximum Gasteiger partial charge on any atom is 0.145 e. The summed E-state index contributed by atoms with van der Waals surface area (Å²) in [5.41, 5.74) is 4.92. The molecule has 1 aliphatic heterocycles. The van der Waals surface area contributed by atoms with Gasteiger partial charge in [0.1, 0.15) is 5.82 Å². The molecule has 3 N–H and O–H groups in total. The summed E-state index contributed by atoms with van der Waals surface area (Å²) in [6, 6.07) is 11.0. The van der Waals surface area contributed by atoms with Crippen LogP contribution in [0.2, 0.25) is 0 Å². The fourth-order valence-corrected chi connectivity index (χ4v) is 3.02. The van der Waals surface area contributed by atoms with Gasteiger partial charge in [-0.1, -0.05) is 24.6 Å². The molecule has 1 atom stereocenters. The number of aromatic nitrogens is 1. The average molecular weight is 270 g/mol. The van der Waals surface area contributed by atoms with E-state index < -0.39 is 0 Å². The molecule has 0 bridgehead atoms. The Bertz CT molecular complexity index is 596. The van der Waals surface area contributed by atoms with E-state index in [1.807, 2.05) is 18.2 Å². The number of nitrogens with zero attached hydrogens (tertiary/aromatic N) is 2. The third-order valence-corrected chi connectivity index (χ3v) is 4.25. The molecule has 1 fully saturated rings.